The van der Waals surface area contributed by atoms with Crippen LogP contribution in [-0.4, -0.2) is 32.7 Å². The molecule has 1 aliphatic rings. The number of rotatable bonds is 7. The van der Waals surface area contributed by atoms with Gasteiger partial charge in [-0.25, -0.2) is 4.79 Å². The molecule has 3 atom stereocenters. The van der Waals surface area contributed by atoms with Gasteiger partial charge in [-0.2, -0.15) is 4.98 Å². The Bertz CT molecular complexity index is 1030. The number of hydrogen-bond acceptors (Lipinski definition) is 5. The van der Waals surface area contributed by atoms with E-state index in [0.29, 0.717) is 23.3 Å². The fourth-order valence-electron chi connectivity index (χ4n) is 3.71. The summed E-state index contributed by atoms with van der Waals surface area (Å²) in [6, 6.07) is 10.2. The van der Waals surface area contributed by atoms with Gasteiger partial charge in [0.2, 0.25) is 5.71 Å². The third kappa shape index (κ3) is 4.25. The van der Waals surface area contributed by atoms with Crippen molar-refractivity contribution in [2.45, 2.75) is 56.7 Å². The maximum Gasteiger partial charge on any atom is 0.353 e. The number of hydrogen-bond donors (Lipinski definition) is 1. The van der Waals surface area contributed by atoms with Crippen LogP contribution in [0.3, 0.4) is 0 Å². The lowest BCUT2D eigenvalue weighted by Gasteiger charge is -2.13. The van der Waals surface area contributed by atoms with Gasteiger partial charge in [0.05, 0.1) is 23.5 Å². The zero-order valence-electron chi connectivity index (χ0n) is 16.4. The molecule has 0 aliphatic carbocycles. The van der Waals surface area contributed by atoms with Gasteiger partial charge in [-0.3, -0.25) is 4.57 Å². The molecule has 0 saturated carbocycles. The number of benzene rings is 1. The summed E-state index contributed by atoms with van der Waals surface area (Å²) in [4.78, 5) is 16.5. The lowest BCUT2D eigenvalue weighted by Crippen LogP contribution is -2.27. The zero-order chi connectivity index (χ0) is 20.4. The summed E-state index contributed by atoms with van der Waals surface area (Å²) in [6.07, 6.45) is 5.81. The molecule has 154 valence electrons. The number of aliphatic hydroxyl groups is 1. The number of furan rings is 1. The second-order valence-electron chi connectivity index (χ2n) is 7.52. The van der Waals surface area contributed by atoms with Gasteiger partial charge in [-0.15, -0.1) is 11.6 Å². The van der Waals surface area contributed by atoms with Crippen molar-refractivity contribution in [2.24, 2.45) is 0 Å². The number of nitrogens with zero attached hydrogens (tertiary/aromatic N) is 2. The van der Waals surface area contributed by atoms with Crippen LogP contribution in [0.2, 0.25) is 0 Å². The fourth-order valence-corrected chi connectivity index (χ4v) is 4.00. The van der Waals surface area contributed by atoms with E-state index < -0.39 is 18.0 Å². The van der Waals surface area contributed by atoms with Crippen LogP contribution in [0, 0.1) is 0 Å². The summed E-state index contributed by atoms with van der Waals surface area (Å²) < 4.78 is 12.9. The molecule has 1 saturated heterocycles. The highest BCUT2D eigenvalue weighted by atomic mass is 35.5. The maximum atomic E-state index is 12.4. The van der Waals surface area contributed by atoms with Crippen LogP contribution in [0.1, 0.15) is 44.4 Å². The summed E-state index contributed by atoms with van der Waals surface area (Å²) in [5, 5.41) is 9.70. The van der Waals surface area contributed by atoms with Crippen LogP contribution in [0.5, 0.6) is 0 Å². The van der Waals surface area contributed by atoms with E-state index in [9.17, 15) is 9.90 Å². The highest BCUT2D eigenvalue weighted by Gasteiger charge is 2.35. The van der Waals surface area contributed by atoms with Crippen molar-refractivity contribution in [3.8, 4) is 11.3 Å². The van der Waals surface area contributed by atoms with Crippen molar-refractivity contribution in [3.05, 3.63) is 52.6 Å². The third-order valence-electron chi connectivity index (χ3n) is 5.40. The Labute approximate surface area is 174 Å². The first-order valence-corrected chi connectivity index (χ1v) is 10.5. The number of ether oxygens (including phenoxy) is 1. The smallest absolute Gasteiger partial charge is 0.353 e. The summed E-state index contributed by atoms with van der Waals surface area (Å²) in [7, 11) is 0. The molecule has 2 aromatic heterocycles. The van der Waals surface area contributed by atoms with Crippen LogP contribution in [0.4, 0.5) is 0 Å². The van der Waals surface area contributed by atoms with Gasteiger partial charge < -0.3 is 14.3 Å². The molecular weight excluding hydrogens is 392 g/mol. The predicted molar refractivity (Wildman–Crippen MR) is 112 cm³/mol. The summed E-state index contributed by atoms with van der Waals surface area (Å²) in [6.45, 7) is 2.02. The van der Waals surface area contributed by atoms with E-state index in [1.165, 1.54) is 29.4 Å². The van der Waals surface area contributed by atoms with Gasteiger partial charge in [-0.1, -0.05) is 44.0 Å². The second kappa shape index (κ2) is 8.69. The lowest BCUT2D eigenvalue weighted by molar-refractivity contribution is -0.0238. The Morgan fingerprint density at radius 1 is 1.28 bits per heavy atom. The van der Waals surface area contributed by atoms with Crippen molar-refractivity contribution >= 4 is 22.7 Å². The highest BCUT2D eigenvalue weighted by molar-refractivity contribution is 6.21. The second-order valence-corrected chi connectivity index (χ2v) is 8.08. The number of aromatic nitrogens is 2. The van der Waals surface area contributed by atoms with Gasteiger partial charge in [0.1, 0.15) is 12.0 Å². The number of alkyl halides is 1. The first-order valence-electron chi connectivity index (χ1n) is 10.1. The maximum absolute atomic E-state index is 12.4. The van der Waals surface area contributed by atoms with E-state index in [1.54, 1.807) is 6.20 Å². The van der Waals surface area contributed by atoms with Gasteiger partial charge in [0, 0.05) is 18.2 Å². The quantitative estimate of drug-likeness (QED) is 0.459. The summed E-state index contributed by atoms with van der Waals surface area (Å²) in [5.74, 6) is 0.667. The predicted octanol–water partition coefficient (Wildman–Crippen LogP) is 4.28. The topological polar surface area (TPSA) is 77.5 Å². The average Bonchev–Trinajstić information content (AvgIpc) is 3.30. The number of aliphatic hydroxyl groups excluding tert-OH is 1. The molecule has 6 nitrogen and oxygen atoms in total. The number of fused-ring (bicyclic) bond motifs is 1. The Kier molecular flexibility index (Phi) is 6.04. The number of halogens is 1. The van der Waals surface area contributed by atoms with E-state index >= 15 is 0 Å². The van der Waals surface area contributed by atoms with E-state index in [4.69, 9.17) is 20.8 Å². The molecular formula is C22H25ClN2O4. The molecule has 0 unspecified atom stereocenters. The molecule has 0 radical (unpaired) electrons. The molecule has 0 amide bonds. The van der Waals surface area contributed by atoms with Crippen molar-refractivity contribution in [1.82, 2.24) is 9.55 Å². The first kappa shape index (κ1) is 20.1. The van der Waals surface area contributed by atoms with Crippen LogP contribution >= 0.6 is 11.6 Å². The standard InChI is InChI=1S/C22H25ClN2O4/c1-2-3-4-5-14-6-8-15(9-7-14)18-10-16-12-25(22(27)24-21(16)29-18)20-11-17(23)19(13-26)28-20/h6-10,12,17,19-20,26H,2-5,11,13H2,1H3/t17-,19+,20+/m0/s1. The van der Waals surface area contributed by atoms with Crippen LogP contribution in [0.25, 0.3) is 22.4 Å². The van der Waals surface area contributed by atoms with E-state index in [0.717, 1.165) is 12.0 Å². The Balaban J connectivity index is 1.58. The van der Waals surface area contributed by atoms with Gasteiger partial charge in [-0.05, 0) is 24.5 Å². The molecule has 7 heteroatoms. The van der Waals surface area contributed by atoms with Crippen molar-refractivity contribution < 1.29 is 14.3 Å². The van der Waals surface area contributed by atoms with Gasteiger partial charge >= 0.3 is 5.69 Å². The van der Waals surface area contributed by atoms with E-state index in [2.05, 4.69) is 24.0 Å². The van der Waals surface area contributed by atoms with Crippen LogP contribution in [-0.2, 0) is 11.2 Å². The van der Waals surface area contributed by atoms with Crippen LogP contribution < -0.4 is 5.69 Å². The molecule has 0 spiro atoms. The molecule has 1 N–H and O–H groups in total. The molecule has 0 bridgehead atoms. The number of unbranched alkanes of at least 4 members (excludes halogenated alkanes) is 2. The third-order valence-corrected chi connectivity index (χ3v) is 5.86. The van der Waals surface area contributed by atoms with E-state index in [-0.39, 0.29) is 12.0 Å². The summed E-state index contributed by atoms with van der Waals surface area (Å²) >= 11 is 6.19. The Morgan fingerprint density at radius 3 is 2.76 bits per heavy atom. The zero-order valence-corrected chi connectivity index (χ0v) is 17.1. The minimum absolute atomic E-state index is 0.181. The Morgan fingerprint density at radius 2 is 2.07 bits per heavy atom. The number of aryl methyl sites for hydroxylation is 1. The largest absolute Gasteiger partial charge is 0.437 e. The lowest BCUT2D eigenvalue weighted by atomic mass is 10.0. The molecule has 3 heterocycles. The van der Waals surface area contributed by atoms with Crippen molar-refractivity contribution in [3.63, 3.8) is 0 Å². The average molecular weight is 417 g/mol. The van der Waals surface area contributed by atoms with Crippen LogP contribution in [0.15, 0.2) is 45.7 Å². The molecule has 3 aromatic rings. The molecule has 1 aromatic carbocycles. The highest BCUT2D eigenvalue weighted by Crippen LogP contribution is 2.32. The molecule has 1 aliphatic heterocycles. The Hall–Kier alpha value is -2.15. The fraction of sp³-hybridized carbons (Fsp3) is 0.455. The van der Waals surface area contributed by atoms with Gasteiger partial charge in [0.25, 0.3) is 0 Å². The minimum Gasteiger partial charge on any atom is -0.437 e. The molecule has 4 rings (SSSR count). The summed E-state index contributed by atoms with van der Waals surface area (Å²) in [5.41, 5.74) is 2.09. The molecule has 29 heavy (non-hydrogen) atoms. The SMILES string of the molecule is CCCCCc1ccc(-c2cc3cn([C@H]4C[C@H](Cl)[C@@H](CO)O4)c(=O)nc3o2)cc1. The van der Waals surface area contributed by atoms with Gasteiger partial charge in [0.15, 0.2) is 0 Å². The molecule has 1 fully saturated rings. The van der Waals surface area contributed by atoms with Crippen molar-refractivity contribution in [1.29, 1.82) is 0 Å². The van der Waals surface area contributed by atoms with Crippen molar-refractivity contribution in [2.75, 3.05) is 6.61 Å². The monoisotopic (exact) mass is 416 g/mol. The van der Waals surface area contributed by atoms with E-state index in [1.807, 2.05) is 18.2 Å². The first-order chi connectivity index (χ1) is 14.1. The normalized spacial score (nSPS) is 21.8. The minimum atomic E-state index is -0.542.